The molecule has 0 heterocycles. The van der Waals surface area contributed by atoms with Gasteiger partial charge in [-0.15, -0.1) is 0 Å². The second-order valence-electron chi connectivity index (χ2n) is 4.75. The van der Waals surface area contributed by atoms with Gasteiger partial charge in [-0.25, -0.2) is 5.43 Å². The predicted molar refractivity (Wildman–Crippen MR) is 83.9 cm³/mol. The number of benzene rings is 2. The van der Waals surface area contributed by atoms with Crippen molar-refractivity contribution in [2.45, 2.75) is 6.42 Å². The van der Waals surface area contributed by atoms with Crippen molar-refractivity contribution in [3.05, 3.63) is 47.5 Å². The molecule has 0 unspecified atom stereocenters. The molecule has 0 aromatic heterocycles. The molecular formula is C16H16N2O5. The molecule has 0 radical (unpaired) electrons. The summed E-state index contributed by atoms with van der Waals surface area (Å²) in [4.78, 5) is 11.8. The van der Waals surface area contributed by atoms with Gasteiger partial charge in [-0.3, -0.25) is 4.79 Å². The Morgan fingerprint density at radius 3 is 2.48 bits per heavy atom. The normalized spacial score (nSPS) is 10.7. The monoisotopic (exact) mass is 316 g/mol. The first-order chi connectivity index (χ1) is 11.0. The third kappa shape index (κ3) is 4.63. The zero-order valence-corrected chi connectivity index (χ0v) is 12.4. The van der Waals surface area contributed by atoms with E-state index < -0.39 is 5.91 Å². The number of carbonyl (C=O) groups excluding carboxylic acids is 1. The van der Waals surface area contributed by atoms with Crippen LogP contribution < -0.4 is 10.2 Å². The topological polar surface area (TPSA) is 111 Å². The highest BCUT2D eigenvalue weighted by molar-refractivity contribution is 5.86. The summed E-state index contributed by atoms with van der Waals surface area (Å²) >= 11 is 0. The number of phenolic OH excluding ortho intramolecular Hbond substituents is 3. The van der Waals surface area contributed by atoms with Crippen molar-refractivity contribution in [3.63, 3.8) is 0 Å². The van der Waals surface area contributed by atoms with Crippen LogP contribution in [0.15, 0.2) is 41.5 Å². The molecule has 120 valence electrons. The lowest BCUT2D eigenvalue weighted by Gasteiger charge is -2.05. The zero-order chi connectivity index (χ0) is 16.8. The summed E-state index contributed by atoms with van der Waals surface area (Å²) in [5, 5.41) is 31.9. The van der Waals surface area contributed by atoms with Crippen molar-refractivity contribution in [3.8, 4) is 23.0 Å². The van der Waals surface area contributed by atoms with Crippen LogP contribution >= 0.6 is 0 Å². The van der Waals surface area contributed by atoms with Gasteiger partial charge in [-0.2, -0.15) is 5.10 Å². The zero-order valence-electron chi connectivity index (χ0n) is 12.4. The highest BCUT2D eigenvalue weighted by atomic mass is 16.5. The number of hydrazone groups is 1. The van der Waals surface area contributed by atoms with Crippen molar-refractivity contribution in [2.24, 2.45) is 5.10 Å². The van der Waals surface area contributed by atoms with Gasteiger partial charge < -0.3 is 20.1 Å². The standard InChI is InChI=1S/C16H16N2O5/c1-23-15-8-12(19)3-2-11(15)9-17-18-16(22)6-10-4-13(20)7-14(21)5-10/h2-5,7-9,19-21H,6H2,1H3,(H,18,22). The van der Waals surface area contributed by atoms with Crippen LogP contribution in [0.25, 0.3) is 0 Å². The second kappa shape index (κ2) is 7.17. The summed E-state index contributed by atoms with van der Waals surface area (Å²) in [6.07, 6.45) is 1.34. The maximum atomic E-state index is 11.8. The number of phenols is 3. The van der Waals surface area contributed by atoms with Gasteiger partial charge in [0, 0.05) is 17.7 Å². The van der Waals surface area contributed by atoms with Crippen molar-refractivity contribution < 1.29 is 24.9 Å². The average Bonchev–Trinajstić information content (AvgIpc) is 2.47. The SMILES string of the molecule is COc1cc(O)ccc1C=NNC(=O)Cc1cc(O)cc(O)c1. The van der Waals surface area contributed by atoms with E-state index >= 15 is 0 Å². The van der Waals surface area contributed by atoms with Crippen LogP contribution in [0.3, 0.4) is 0 Å². The Labute approximate surface area is 132 Å². The predicted octanol–water partition coefficient (Wildman–Crippen LogP) is 1.50. The summed E-state index contributed by atoms with van der Waals surface area (Å²) in [5.41, 5.74) is 3.37. The van der Waals surface area contributed by atoms with Gasteiger partial charge in [0.05, 0.1) is 19.7 Å². The molecule has 0 aliphatic heterocycles. The Bertz CT molecular complexity index is 723. The van der Waals surface area contributed by atoms with E-state index in [4.69, 9.17) is 4.74 Å². The summed E-state index contributed by atoms with van der Waals surface area (Å²) in [6.45, 7) is 0. The quantitative estimate of drug-likeness (QED) is 0.493. The van der Waals surface area contributed by atoms with Gasteiger partial charge in [-0.1, -0.05) is 0 Å². The largest absolute Gasteiger partial charge is 0.508 e. The number of amides is 1. The Balaban J connectivity index is 1.98. The number of hydrogen-bond donors (Lipinski definition) is 4. The van der Waals surface area contributed by atoms with Crippen molar-refractivity contribution >= 4 is 12.1 Å². The number of carbonyl (C=O) groups is 1. The maximum absolute atomic E-state index is 11.8. The summed E-state index contributed by atoms with van der Waals surface area (Å²) in [5.74, 6) is -0.174. The van der Waals surface area contributed by atoms with E-state index in [1.165, 1.54) is 43.7 Å². The first-order valence-electron chi connectivity index (χ1n) is 6.68. The molecule has 4 N–H and O–H groups in total. The van der Waals surface area contributed by atoms with E-state index in [2.05, 4.69) is 10.5 Å². The van der Waals surface area contributed by atoms with Gasteiger partial charge >= 0.3 is 0 Å². The van der Waals surface area contributed by atoms with E-state index in [-0.39, 0.29) is 23.7 Å². The van der Waals surface area contributed by atoms with Crippen LogP contribution in [0.2, 0.25) is 0 Å². The minimum atomic E-state index is -0.413. The first kappa shape index (κ1) is 16.2. The molecule has 7 nitrogen and oxygen atoms in total. The van der Waals surface area contributed by atoms with Crippen LogP contribution in [-0.2, 0) is 11.2 Å². The van der Waals surface area contributed by atoms with Crippen LogP contribution in [0.4, 0.5) is 0 Å². The molecule has 2 aromatic rings. The molecule has 0 bridgehead atoms. The van der Waals surface area contributed by atoms with Gasteiger partial charge in [0.25, 0.3) is 0 Å². The fraction of sp³-hybridized carbons (Fsp3) is 0.125. The van der Waals surface area contributed by atoms with Crippen molar-refractivity contribution in [2.75, 3.05) is 7.11 Å². The Morgan fingerprint density at radius 1 is 1.13 bits per heavy atom. The van der Waals surface area contributed by atoms with Gasteiger partial charge in [0.15, 0.2) is 0 Å². The van der Waals surface area contributed by atoms with Crippen LogP contribution in [0.5, 0.6) is 23.0 Å². The molecule has 7 heteroatoms. The average molecular weight is 316 g/mol. The molecule has 0 aliphatic rings. The summed E-state index contributed by atoms with van der Waals surface area (Å²) in [7, 11) is 1.46. The molecule has 2 rings (SSSR count). The maximum Gasteiger partial charge on any atom is 0.244 e. The van der Waals surface area contributed by atoms with Crippen LogP contribution in [0, 0.1) is 0 Å². The third-order valence-electron chi connectivity index (χ3n) is 2.94. The number of ether oxygens (including phenoxy) is 1. The smallest absolute Gasteiger partial charge is 0.244 e. The van der Waals surface area contributed by atoms with E-state index in [1.807, 2.05) is 0 Å². The molecular weight excluding hydrogens is 300 g/mol. The fourth-order valence-electron chi connectivity index (χ4n) is 1.96. The molecule has 1 amide bonds. The fourth-order valence-corrected chi connectivity index (χ4v) is 1.96. The highest BCUT2D eigenvalue weighted by Gasteiger charge is 2.06. The summed E-state index contributed by atoms with van der Waals surface area (Å²) < 4.78 is 5.09. The molecule has 2 aromatic carbocycles. The molecule has 0 fully saturated rings. The van der Waals surface area contributed by atoms with Crippen LogP contribution in [-0.4, -0.2) is 34.6 Å². The Hall–Kier alpha value is -3.22. The number of methoxy groups -OCH3 is 1. The van der Waals surface area contributed by atoms with Gasteiger partial charge in [0.2, 0.25) is 5.91 Å². The Kier molecular flexibility index (Phi) is 5.03. The van der Waals surface area contributed by atoms with Crippen molar-refractivity contribution in [1.82, 2.24) is 5.43 Å². The molecule has 0 spiro atoms. The molecule has 0 saturated heterocycles. The van der Waals surface area contributed by atoms with Gasteiger partial charge in [-0.05, 0) is 29.8 Å². The number of nitrogens with one attached hydrogen (secondary N) is 1. The lowest BCUT2D eigenvalue weighted by Crippen LogP contribution is -2.19. The molecule has 0 saturated carbocycles. The molecule has 0 aliphatic carbocycles. The minimum absolute atomic E-state index is 0.0496. The van der Waals surface area contributed by atoms with Gasteiger partial charge in [0.1, 0.15) is 23.0 Å². The number of nitrogens with zero attached hydrogens (tertiary/aromatic N) is 1. The number of hydrogen-bond acceptors (Lipinski definition) is 6. The molecule has 0 atom stereocenters. The highest BCUT2D eigenvalue weighted by Crippen LogP contribution is 2.22. The van der Waals surface area contributed by atoms with Crippen LogP contribution in [0.1, 0.15) is 11.1 Å². The van der Waals surface area contributed by atoms with E-state index in [9.17, 15) is 20.1 Å². The lowest BCUT2D eigenvalue weighted by molar-refractivity contribution is -0.120. The first-order valence-corrected chi connectivity index (χ1v) is 6.68. The summed E-state index contributed by atoms with van der Waals surface area (Å²) in [6, 6.07) is 8.44. The van der Waals surface area contributed by atoms with E-state index in [0.717, 1.165) is 0 Å². The minimum Gasteiger partial charge on any atom is -0.508 e. The third-order valence-corrected chi connectivity index (χ3v) is 2.94. The number of aromatic hydroxyl groups is 3. The van der Waals surface area contributed by atoms with E-state index in [0.29, 0.717) is 16.9 Å². The Morgan fingerprint density at radius 2 is 1.83 bits per heavy atom. The second-order valence-corrected chi connectivity index (χ2v) is 4.75. The molecule has 23 heavy (non-hydrogen) atoms. The number of rotatable bonds is 5. The lowest BCUT2D eigenvalue weighted by atomic mass is 10.1. The van der Waals surface area contributed by atoms with E-state index in [1.54, 1.807) is 6.07 Å². The van der Waals surface area contributed by atoms with Crippen molar-refractivity contribution in [1.29, 1.82) is 0 Å².